The van der Waals surface area contributed by atoms with Gasteiger partial charge in [-0.2, -0.15) is 0 Å². The zero-order valence-corrected chi connectivity index (χ0v) is 16.8. The number of carbonyl (C=O) groups excluding carboxylic acids is 1. The van der Waals surface area contributed by atoms with Gasteiger partial charge in [0.05, 0.1) is 6.61 Å². The van der Waals surface area contributed by atoms with Crippen molar-refractivity contribution in [3.05, 3.63) is 58.7 Å². The summed E-state index contributed by atoms with van der Waals surface area (Å²) in [5.41, 5.74) is 4.43. The molecule has 0 saturated carbocycles. The molecular weight excluding hydrogens is 334 g/mol. The SMILES string of the molecule is CCCCCCOc1ccc(PC(=O)c2c(C)cc(C)cc2C)cc1.[LiH]. The number of aryl methyl sites for hydroxylation is 3. The van der Waals surface area contributed by atoms with Crippen LogP contribution in [0.1, 0.15) is 59.7 Å². The van der Waals surface area contributed by atoms with E-state index in [4.69, 9.17) is 4.74 Å². The van der Waals surface area contributed by atoms with Crippen LogP contribution in [0.25, 0.3) is 0 Å². The van der Waals surface area contributed by atoms with Gasteiger partial charge in [-0.15, -0.1) is 0 Å². The van der Waals surface area contributed by atoms with Gasteiger partial charge in [0.25, 0.3) is 0 Å². The Morgan fingerprint density at radius 3 is 2.15 bits per heavy atom. The molecule has 0 radical (unpaired) electrons. The summed E-state index contributed by atoms with van der Waals surface area (Å²) in [5, 5.41) is 1.06. The fourth-order valence-electron chi connectivity index (χ4n) is 3.09. The minimum absolute atomic E-state index is 0. The molecule has 2 rings (SSSR count). The molecule has 0 N–H and O–H groups in total. The zero-order valence-electron chi connectivity index (χ0n) is 15.8. The van der Waals surface area contributed by atoms with E-state index in [1.807, 2.05) is 38.1 Å². The molecule has 0 spiro atoms. The number of carbonyl (C=O) groups is 1. The van der Waals surface area contributed by atoms with Crippen molar-refractivity contribution in [1.29, 1.82) is 0 Å². The summed E-state index contributed by atoms with van der Waals surface area (Å²) in [6, 6.07) is 12.1. The summed E-state index contributed by atoms with van der Waals surface area (Å²) in [6.45, 7) is 9.08. The Hall–Kier alpha value is -1.06. The molecule has 4 heteroatoms. The van der Waals surface area contributed by atoms with E-state index in [2.05, 4.69) is 26.0 Å². The van der Waals surface area contributed by atoms with Crippen LogP contribution in [-0.2, 0) is 0 Å². The Morgan fingerprint density at radius 1 is 0.962 bits per heavy atom. The number of hydrogen-bond acceptors (Lipinski definition) is 2. The first-order valence-corrected chi connectivity index (χ1v) is 10.1. The van der Waals surface area contributed by atoms with Crippen LogP contribution in [0.2, 0.25) is 0 Å². The van der Waals surface area contributed by atoms with Gasteiger partial charge in [-0.1, -0.05) is 56.0 Å². The van der Waals surface area contributed by atoms with Crippen LogP contribution in [-0.4, -0.2) is 31.0 Å². The van der Waals surface area contributed by atoms with Crippen LogP contribution in [0.3, 0.4) is 0 Å². The molecule has 2 aromatic carbocycles. The fourth-order valence-corrected chi connectivity index (χ4v) is 4.20. The molecule has 0 bridgehead atoms. The molecule has 0 fully saturated rings. The summed E-state index contributed by atoms with van der Waals surface area (Å²) in [5.74, 6) is 0.889. The van der Waals surface area contributed by atoms with Gasteiger partial charge < -0.3 is 4.74 Å². The molecular formula is C22H30LiO2P. The third kappa shape index (κ3) is 6.92. The second kappa shape index (κ2) is 11.6. The standard InChI is InChI=1S/C22H29O2P.Li.H/c1-5-6-7-8-13-24-19-9-11-20(12-10-19)25-22(23)21-17(3)14-16(2)15-18(21)4;;/h9-12,14-15,25H,5-8,13H2,1-4H3;;. The Morgan fingerprint density at radius 2 is 1.58 bits per heavy atom. The molecule has 0 amide bonds. The Labute approximate surface area is 172 Å². The van der Waals surface area contributed by atoms with Crippen molar-refractivity contribution in [1.82, 2.24) is 0 Å². The number of unbranched alkanes of at least 4 members (excludes halogenated alkanes) is 3. The monoisotopic (exact) mass is 364 g/mol. The maximum atomic E-state index is 12.7. The predicted octanol–water partition coefficient (Wildman–Crippen LogP) is 5.07. The summed E-state index contributed by atoms with van der Waals surface area (Å²) in [6.07, 6.45) is 4.83. The van der Waals surface area contributed by atoms with Crippen molar-refractivity contribution in [2.75, 3.05) is 6.61 Å². The summed E-state index contributed by atoms with van der Waals surface area (Å²) >= 11 is 0. The molecule has 0 aliphatic rings. The third-order valence-electron chi connectivity index (χ3n) is 4.28. The first-order chi connectivity index (χ1) is 12.0. The second-order valence-electron chi connectivity index (χ2n) is 6.66. The van der Waals surface area contributed by atoms with Crippen molar-refractivity contribution < 1.29 is 9.53 Å². The van der Waals surface area contributed by atoms with Crippen molar-refractivity contribution in [3.63, 3.8) is 0 Å². The average Bonchev–Trinajstić information content (AvgIpc) is 2.55. The van der Waals surface area contributed by atoms with E-state index in [1.165, 1.54) is 24.8 Å². The summed E-state index contributed by atoms with van der Waals surface area (Å²) in [7, 11) is 0.149. The van der Waals surface area contributed by atoms with E-state index in [1.54, 1.807) is 0 Å². The molecule has 2 nitrogen and oxygen atoms in total. The van der Waals surface area contributed by atoms with Crippen molar-refractivity contribution in [2.24, 2.45) is 0 Å². The minimum atomic E-state index is 0. The topological polar surface area (TPSA) is 26.3 Å². The van der Waals surface area contributed by atoms with E-state index < -0.39 is 0 Å². The summed E-state index contributed by atoms with van der Waals surface area (Å²) < 4.78 is 5.77. The number of ether oxygens (including phenoxy) is 1. The molecule has 2 aromatic rings. The molecule has 136 valence electrons. The van der Waals surface area contributed by atoms with Gasteiger partial charge in [0.15, 0.2) is 5.52 Å². The first kappa shape index (κ1) is 23.0. The molecule has 0 heterocycles. The molecule has 1 unspecified atom stereocenters. The molecule has 0 aliphatic heterocycles. The van der Waals surface area contributed by atoms with Gasteiger partial charge in [-0.05, 0) is 64.3 Å². The van der Waals surface area contributed by atoms with Crippen molar-refractivity contribution in [2.45, 2.75) is 53.4 Å². The fraction of sp³-hybridized carbons (Fsp3) is 0.409. The van der Waals surface area contributed by atoms with Crippen molar-refractivity contribution >= 4 is 38.3 Å². The van der Waals surface area contributed by atoms with Crippen LogP contribution in [0.4, 0.5) is 0 Å². The van der Waals surface area contributed by atoms with Gasteiger partial charge >= 0.3 is 18.9 Å². The van der Waals surface area contributed by atoms with Gasteiger partial charge in [-0.3, -0.25) is 4.79 Å². The molecule has 0 saturated heterocycles. The van der Waals surface area contributed by atoms with Crippen LogP contribution >= 0.6 is 8.58 Å². The first-order valence-electron chi connectivity index (χ1n) is 9.13. The van der Waals surface area contributed by atoms with E-state index >= 15 is 0 Å². The van der Waals surface area contributed by atoms with E-state index in [0.29, 0.717) is 0 Å². The van der Waals surface area contributed by atoms with Gasteiger partial charge in [0, 0.05) is 5.56 Å². The van der Waals surface area contributed by atoms with Crippen LogP contribution in [0.5, 0.6) is 5.75 Å². The van der Waals surface area contributed by atoms with Gasteiger partial charge in [0.2, 0.25) is 0 Å². The quantitative estimate of drug-likeness (QED) is 0.353. The van der Waals surface area contributed by atoms with E-state index in [-0.39, 0.29) is 33.0 Å². The van der Waals surface area contributed by atoms with Crippen LogP contribution in [0.15, 0.2) is 36.4 Å². The average molecular weight is 364 g/mol. The Kier molecular flexibility index (Phi) is 10.3. The molecule has 0 aliphatic carbocycles. The number of benzene rings is 2. The zero-order chi connectivity index (χ0) is 18.2. The summed E-state index contributed by atoms with van der Waals surface area (Å²) in [4.78, 5) is 12.7. The molecule has 1 atom stereocenters. The predicted molar refractivity (Wildman–Crippen MR) is 116 cm³/mol. The van der Waals surface area contributed by atoms with Gasteiger partial charge in [-0.25, -0.2) is 0 Å². The van der Waals surface area contributed by atoms with E-state index in [9.17, 15) is 4.79 Å². The number of rotatable bonds is 9. The molecule has 0 aromatic heterocycles. The maximum absolute atomic E-state index is 12.7. The molecule has 26 heavy (non-hydrogen) atoms. The van der Waals surface area contributed by atoms with Crippen LogP contribution in [0, 0.1) is 20.8 Å². The third-order valence-corrected chi connectivity index (χ3v) is 5.38. The number of hydrogen-bond donors (Lipinski definition) is 0. The normalized spacial score (nSPS) is 10.8. The van der Waals surface area contributed by atoms with Crippen molar-refractivity contribution in [3.8, 4) is 5.75 Å². The van der Waals surface area contributed by atoms with E-state index in [0.717, 1.165) is 40.8 Å². The Bertz CT molecular complexity index is 688. The van der Waals surface area contributed by atoms with Gasteiger partial charge in [0.1, 0.15) is 5.75 Å². The van der Waals surface area contributed by atoms with Crippen LogP contribution < -0.4 is 10.0 Å². The Balaban J connectivity index is 0.00000338. The second-order valence-corrected chi connectivity index (χ2v) is 7.94.